The summed E-state index contributed by atoms with van der Waals surface area (Å²) in [5, 5.41) is 2.49. The lowest BCUT2D eigenvalue weighted by Crippen LogP contribution is -2.37. The fraction of sp³-hybridized carbons (Fsp3) is 0.583. The van der Waals surface area contributed by atoms with Gasteiger partial charge in [-0.05, 0) is 20.8 Å². The van der Waals surface area contributed by atoms with Crippen molar-refractivity contribution in [3.8, 4) is 0 Å². The van der Waals surface area contributed by atoms with E-state index in [9.17, 15) is 14.4 Å². The summed E-state index contributed by atoms with van der Waals surface area (Å²) in [5.74, 6) is -1.35. The van der Waals surface area contributed by atoms with Crippen LogP contribution in [0.5, 0.6) is 0 Å². The number of carbonyl (C=O) groups excluding carboxylic acids is 3. The number of nitrogens with one attached hydrogen (secondary N) is 1. The molecule has 7 nitrogen and oxygen atoms in total. The van der Waals surface area contributed by atoms with Gasteiger partial charge in [-0.2, -0.15) is 0 Å². The van der Waals surface area contributed by atoms with Crippen molar-refractivity contribution in [1.29, 1.82) is 0 Å². The third kappa shape index (κ3) is 9.63. The van der Waals surface area contributed by atoms with Gasteiger partial charge in [0.15, 0.2) is 0 Å². The van der Waals surface area contributed by atoms with Gasteiger partial charge < -0.3 is 19.5 Å². The van der Waals surface area contributed by atoms with E-state index >= 15 is 0 Å². The first-order chi connectivity index (χ1) is 8.85. The maximum atomic E-state index is 11.2. The first kappa shape index (κ1) is 16.9. The van der Waals surface area contributed by atoms with Crippen molar-refractivity contribution in [3.63, 3.8) is 0 Å². The van der Waals surface area contributed by atoms with Crippen molar-refractivity contribution >= 4 is 18.0 Å². The molecule has 0 saturated carbocycles. The van der Waals surface area contributed by atoms with Crippen LogP contribution in [0.25, 0.3) is 0 Å². The Balaban J connectivity index is 3.93. The summed E-state index contributed by atoms with van der Waals surface area (Å²) in [6, 6.07) is -0.401. The molecule has 0 fully saturated rings. The molecule has 0 spiro atoms. The average molecular weight is 273 g/mol. The van der Waals surface area contributed by atoms with Crippen LogP contribution in [0.4, 0.5) is 4.79 Å². The maximum absolute atomic E-state index is 11.2. The summed E-state index contributed by atoms with van der Waals surface area (Å²) in [7, 11) is 1.20. The Kier molecular flexibility index (Phi) is 7.99. The molecule has 19 heavy (non-hydrogen) atoms. The van der Waals surface area contributed by atoms with Gasteiger partial charge in [0.05, 0.1) is 19.3 Å². The summed E-state index contributed by atoms with van der Waals surface area (Å²) >= 11 is 0. The molecule has 1 atom stereocenters. The minimum Gasteiger partial charge on any atom is -0.466 e. The molecule has 0 saturated heterocycles. The van der Waals surface area contributed by atoms with Crippen molar-refractivity contribution in [2.75, 3.05) is 13.7 Å². The van der Waals surface area contributed by atoms with E-state index in [1.165, 1.54) is 7.11 Å². The predicted octanol–water partition coefficient (Wildman–Crippen LogP) is 0.782. The molecule has 7 heteroatoms. The summed E-state index contributed by atoms with van der Waals surface area (Å²) in [4.78, 5) is 33.1. The molecule has 0 aromatic heterocycles. The third-order valence-corrected chi connectivity index (χ3v) is 1.74. The van der Waals surface area contributed by atoms with E-state index in [0.717, 1.165) is 12.2 Å². The highest BCUT2D eigenvalue weighted by molar-refractivity contribution is 5.91. The third-order valence-electron chi connectivity index (χ3n) is 1.74. The number of carbonyl (C=O) groups is 3. The highest BCUT2D eigenvalue weighted by atomic mass is 16.6. The van der Waals surface area contributed by atoms with Gasteiger partial charge in [0.1, 0.15) is 6.61 Å². The van der Waals surface area contributed by atoms with Crippen LogP contribution in [-0.2, 0) is 23.8 Å². The Hall–Kier alpha value is -2.05. The van der Waals surface area contributed by atoms with Gasteiger partial charge in [0.25, 0.3) is 0 Å². The number of hydrogen-bond donors (Lipinski definition) is 1. The standard InChI is InChI=1S/C12H19NO6/c1-8(2)19-12(16)13-9(3)7-18-11(15)6-5-10(14)17-4/h5-6,8-9H,7H2,1-4H3,(H,13,16)/b6-5+/t9-/m0/s1. The van der Waals surface area contributed by atoms with Gasteiger partial charge in [-0.25, -0.2) is 14.4 Å². The van der Waals surface area contributed by atoms with Gasteiger partial charge >= 0.3 is 18.0 Å². The summed E-state index contributed by atoms with van der Waals surface area (Å²) < 4.78 is 14.0. The number of methoxy groups -OCH3 is 1. The van der Waals surface area contributed by atoms with Gasteiger partial charge in [-0.1, -0.05) is 0 Å². The molecule has 0 heterocycles. The van der Waals surface area contributed by atoms with Crippen LogP contribution in [0.15, 0.2) is 12.2 Å². The molecule has 1 amide bonds. The van der Waals surface area contributed by atoms with E-state index in [4.69, 9.17) is 9.47 Å². The Bertz CT molecular complexity index is 350. The topological polar surface area (TPSA) is 90.9 Å². The summed E-state index contributed by atoms with van der Waals surface area (Å²) in [6.45, 7) is 5.07. The molecule has 0 aromatic rings. The van der Waals surface area contributed by atoms with Crippen molar-refractivity contribution in [2.24, 2.45) is 0 Å². The highest BCUT2D eigenvalue weighted by Gasteiger charge is 2.11. The zero-order valence-corrected chi connectivity index (χ0v) is 11.5. The maximum Gasteiger partial charge on any atom is 0.407 e. The van der Waals surface area contributed by atoms with Crippen LogP contribution in [0.1, 0.15) is 20.8 Å². The molecule has 0 aliphatic rings. The molecule has 0 rings (SSSR count). The van der Waals surface area contributed by atoms with E-state index < -0.39 is 24.1 Å². The van der Waals surface area contributed by atoms with Crippen molar-refractivity contribution in [3.05, 3.63) is 12.2 Å². The van der Waals surface area contributed by atoms with Gasteiger partial charge in [0.2, 0.25) is 0 Å². The zero-order chi connectivity index (χ0) is 14.8. The fourth-order valence-electron chi connectivity index (χ4n) is 0.950. The van der Waals surface area contributed by atoms with Crippen LogP contribution >= 0.6 is 0 Å². The Morgan fingerprint density at radius 3 is 2.21 bits per heavy atom. The van der Waals surface area contributed by atoms with E-state index in [-0.39, 0.29) is 12.7 Å². The van der Waals surface area contributed by atoms with Crippen molar-refractivity contribution in [2.45, 2.75) is 32.9 Å². The Morgan fingerprint density at radius 1 is 1.11 bits per heavy atom. The van der Waals surface area contributed by atoms with Gasteiger partial charge in [-0.3, -0.25) is 0 Å². The lowest BCUT2D eigenvalue weighted by Gasteiger charge is -2.15. The number of hydrogen-bond acceptors (Lipinski definition) is 6. The second kappa shape index (κ2) is 8.96. The lowest BCUT2D eigenvalue weighted by molar-refractivity contribution is -0.139. The smallest absolute Gasteiger partial charge is 0.407 e. The van der Waals surface area contributed by atoms with Crippen LogP contribution in [-0.4, -0.2) is 43.9 Å². The minimum atomic E-state index is -0.698. The number of esters is 2. The minimum absolute atomic E-state index is 0.0302. The summed E-state index contributed by atoms with van der Waals surface area (Å²) in [6.07, 6.45) is 1.10. The number of amides is 1. The number of rotatable bonds is 6. The molecular formula is C12H19NO6. The molecule has 0 aliphatic heterocycles. The highest BCUT2D eigenvalue weighted by Crippen LogP contribution is 1.92. The molecule has 0 bridgehead atoms. The van der Waals surface area contributed by atoms with Crippen LogP contribution < -0.4 is 5.32 Å². The van der Waals surface area contributed by atoms with Crippen LogP contribution in [0.2, 0.25) is 0 Å². The zero-order valence-electron chi connectivity index (χ0n) is 11.5. The fourth-order valence-corrected chi connectivity index (χ4v) is 0.950. The monoisotopic (exact) mass is 273 g/mol. The summed E-state index contributed by atoms with van der Waals surface area (Å²) in [5.41, 5.74) is 0. The second-order valence-electron chi connectivity index (χ2n) is 3.99. The predicted molar refractivity (Wildman–Crippen MR) is 66.3 cm³/mol. The lowest BCUT2D eigenvalue weighted by atomic mass is 10.4. The average Bonchev–Trinajstić information content (AvgIpc) is 2.32. The van der Waals surface area contributed by atoms with E-state index in [1.807, 2.05) is 0 Å². The molecule has 1 N–H and O–H groups in total. The second-order valence-corrected chi connectivity index (χ2v) is 3.99. The van der Waals surface area contributed by atoms with E-state index in [0.29, 0.717) is 0 Å². The largest absolute Gasteiger partial charge is 0.466 e. The Morgan fingerprint density at radius 2 is 1.68 bits per heavy atom. The van der Waals surface area contributed by atoms with Crippen LogP contribution in [0.3, 0.4) is 0 Å². The molecule has 0 radical (unpaired) electrons. The van der Waals surface area contributed by atoms with Crippen molar-refractivity contribution in [1.82, 2.24) is 5.32 Å². The van der Waals surface area contributed by atoms with Gasteiger partial charge in [0, 0.05) is 12.2 Å². The molecular weight excluding hydrogens is 254 g/mol. The molecule has 108 valence electrons. The SMILES string of the molecule is COC(=O)/C=C/C(=O)OC[C@H](C)NC(=O)OC(C)C. The molecule has 0 aromatic carbocycles. The van der Waals surface area contributed by atoms with Crippen LogP contribution in [0, 0.1) is 0 Å². The van der Waals surface area contributed by atoms with E-state index in [1.54, 1.807) is 20.8 Å². The molecule has 0 aliphatic carbocycles. The van der Waals surface area contributed by atoms with Gasteiger partial charge in [-0.15, -0.1) is 0 Å². The number of ether oxygens (including phenoxy) is 3. The Labute approximate surface area is 111 Å². The first-order valence-electron chi connectivity index (χ1n) is 5.75. The van der Waals surface area contributed by atoms with E-state index in [2.05, 4.69) is 10.1 Å². The first-order valence-corrected chi connectivity index (χ1v) is 5.75. The quantitative estimate of drug-likeness (QED) is 0.437. The van der Waals surface area contributed by atoms with Crippen molar-refractivity contribution < 1.29 is 28.6 Å². The normalized spacial score (nSPS) is 12.1. The molecule has 0 unspecified atom stereocenters. The number of alkyl carbamates (subject to hydrolysis) is 1.